The van der Waals surface area contributed by atoms with Crippen LogP contribution in [-0.4, -0.2) is 23.8 Å². The summed E-state index contributed by atoms with van der Waals surface area (Å²) in [6, 6.07) is 2.26. The normalized spacial score (nSPS) is 22.1. The first-order chi connectivity index (χ1) is 8.17. The van der Waals surface area contributed by atoms with Crippen LogP contribution in [0.4, 0.5) is 0 Å². The van der Waals surface area contributed by atoms with Gasteiger partial charge in [-0.15, -0.1) is 11.3 Å². The van der Waals surface area contributed by atoms with E-state index < -0.39 is 0 Å². The number of nitrogens with one attached hydrogen (secondary N) is 1. The maximum absolute atomic E-state index is 7.46. The summed E-state index contributed by atoms with van der Waals surface area (Å²) in [5, 5.41) is 9.67. The predicted octanol–water partition coefficient (Wildman–Crippen LogP) is 2.21. The van der Waals surface area contributed by atoms with Crippen molar-refractivity contribution in [2.24, 2.45) is 11.1 Å². The van der Waals surface area contributed by atoms with E-state index in [1.54, 1.807) is 4.88 Å². The number of hydrogen-bond acceptors (Lipinski definition) is 3. The number of nitrogens with two attached hydrogens (primary N) is 1. The van der Waals surface area contributed by atoms with Crippen LogP contribution in [0, 0.1) is 10.8 Å². The maximum Gasteiger partial charge on any atom is 0.0911 e. The molecule has 0 unspecified atom stereocenters. The first-order valence-corrected chi connectivity index (χ1v) is 7.15. The van der Waals surface area contributed by atoms with Crippen molar-refractivity contribution in [2.45, 2.75) is 32.2 Å². The molecule has 0 amide bonds. The summed E-state index contributed by atoms with van der Waals surface area (Å²) in [6.45, 7) is 3.40. The Labute approximate surface area is 106 Å². The molecule has 3 N–H and O–H groups in total. The van der Waals surface area contributed by atoms with E-state index in [1.165, 1.54) is 31.4 Å². The van der Waals surface area contributed by atoms with Gasteiger partial charge in [-0.05, 0) is 41.7 Å². The van der Waals surface area contributed by atoms with Crippen molar-refractivity contribution in [1.29, 1.82) is 5.41 Å². The molecule has 1 aromatic rings. The minimum absolute atomic E-state index is 0.347. The Balaban J connectivity index is 1.62. The topological polar surface area (TPSA) is 53.1 Å². The molecule has 0 spiro atoms. The van der Waals surface area contributed by atoms with Gasteiger partial charge in [0.15, 0.2) is 0 Å². The van der Waals surface area contributed by atoms with Crippen molar-refractivity contribution in [1.82, 2.24) is 4.90 Å². The lowest BCUT2D eigenvalue weighted by Crippen LogP contribution is -2.36. The third-order valence-corrected chi connectivity index (χ3v) is 4.99. The summed E-state index contributed by atoms with van der Waals surface area (Å²) in [5.74, 6) is 0.357. The highest BCUT2D eigenvalue weighted by molar-refractivity contribution is 7.10. The molecular formula is C13H19N3S. The molecule has 3 rings (SSSR count). The van der Waals surface area contributed by atoms with Gasteiger partial charge in [0.05, 0.1) is 5.84 Å². The highest BCUT2D eigenvalue weighted by atomic mass is 32.1. The van der Waals surface area contributed by atoms with Crippen LogP contribution >= 0.6 is 11.3 Å². The lowest BCUT2D eigenvalue weighted by Gasteiger charge is -2.30. The molecule has 0 atom stereocenters. The van der Waals surface area contributed by atoms with Gasteiger partial charge in [-0.2, -0.15) is 0 Å². The van der Waals surface area contributed by atoms with Gasteiger partial charge in [-0.25, -0.2) is 0 Å². The van der Waals surface area contributed by atoms with Crippen LogP contribution in [0.1, 0.15) is 29.7 Å². The molecule has 2 aliphatic rings. The van der Waals surface area contributed by atoms with Crippen LogP contribution in [0.15, 0.2) is 11.4 Å². The Morgan fingerprint density at radius 3 is 3.06 bits per heavy atom. The lowest BCUT2D eigenvalue weighted by molar-refractivity contribution is 0.206. The van der Waals surface area contributed by atoms with Crippen molar-refractivity contribution < 1.29 is 0 Å². The van der Waals surface area contributed by atoms with Crippen molar-refractivity contribution >= 4 is 17.2 Å². The van der Waals surface area contributed by atoms with Crippen molar-refractivity contribution in [3.63, 3.8) is 0 Å². The first kappa shape index (κ1) is 11.2. The fourth-order valence-electron chi connectivity index (χ4n) is 2.89. The van der Waals surface area contributed by atoms with Crippen LogP contribution in [0.3, 0.4) is 0 Å². The molecule has 1 aromatic heterocycles. The van der Waals surface area contributed by atoms with E-state index in [0.717, 1.165) is 19.5 Å². The van der Waals surface area contributed by atoms with E-state index in [-0.39, 0.29) is 0 Å². The van der Waals surface area contributed by atoms with Crippen LogP contribution in [0.25, 0.3) is 0 Å². The molecule has 0 saturated heterocycles. The molecule has 0 aromatic carbocycles. The summed E-state index contributed by atoms with van der Waals surface area (Å²) >= 11 is 1.89. The smallest absolute Gasteiger partial charge is 0.0911 e. The summed E-state index contributed by atoms with van der Waals surface area (Å²) in [4.78, 5) is 4.11. The highest BCUT2D eigenvalue weighted by Crippen LogP contribution is 2.49. The quantitative estimate of drug-likeness (QED) is 0.635. The molecule has 0 bridgehead atoms. The molecule has 1 saturated carbocycles. The molecule has 4 heteroatoms. The summed E-state index contributed by atoms with van der Waals surface area (Å²) in [7, 11) is 0. The predicted molar refractivity (Wildman–Crippen MR) is 71.5 cm³/mol. The zero-order chi connectivity index (χ0) is 11.9. The standard InChI is InChI=1S/C13H19N3S/c14-12(15)7-13(3-4-13)9-16-5-1-11-10(8-16)2-6-17-11/h2,6H,1,3-5,7-9H2,(H3,14,15). The van der Waals surface area contributed by atoms with Gasteiger partial charge in [0, 0.05) is 30.9 Å². The Bertz CT molecular complexity index is 434. The van der Waals surface area contributed by atoms with E-state index in [9.17, 15) is 0 Å². The summed E-state index contributed by atoms with van der Waals surface area (Å²) < 4.78 is 0. The van der Waals surface area contributed by atoms with E-state index in [1.807, 2.05) is 11.3 Å². The van der Waals surface area contributed by atoms with Crippen LogP contribution in [0.5, 0.6) is 0 Å². The molecule has 92 valence electrons. The Kier molecular flexibility index (Phi) is 2.71. The second-order valence-corrected chi connectivity index (χ2v) is 6.53. The highest BCUT2D eigenvalue weighted by Gasteiger charge is 2.44. The molecule has 1 fully saturated rings. The number of fused-ring (bicyclic) bond motifs is 1. The zero-order valence-electron chi connectivity index (χ0n) is 10.0. The third kappa shape index (κ3) is 2.38. The largest absolute Gasteiger partial charge is 0.388 e. The molecule has 2 heterocycles. The number of hydrogen-bond donors (Lipinski definition) is 2. The minimum Gasteiger partial charge on any atom is -0.388 e. The van der Waals surface area contributed by atoms with Gasteiger partial charge < -0.3 is 5.73 Å². The SMILES string of the molecule is N=C(N)CC1(CN2CCc3sccc3C2)CC1. The Morgan fingerprint density at radius 1 is 1.53 bits per heavy atom. The fraction of sp³-hybridized carbons (Fsp3) is 0.615. The molecule has 3 nitrogen and oxygen atoms in total. The Morgan fingerprint density at radius 2 is 2.35 bits per heavy atom. The molecule has 1 aliphatic heterocycles. The average Bonchev–Trinajstić information content (AvgIpc) is 2.85. The van der Waals surface area contributed by atoms with Gasteiger partial charge in [0.1, 0.15) is 0 Å². The van der Waals surface area contributed by atoms with Crippen molar-refractivity contribution in [2.75, 3.05) is 13.1 Å². The van der Waals surface area contributed by atoms with E-state index >= 15 is 0 Å². The molecule has 17 heavy (non-hydrogen) atoms. The van der Waals surface area contributed by atoms with E-state index in [4.69, 9.17) is 11.1 Å². The van der Waals surface area contributed by atoms with Gasteiger partial charge in [0.25, 0.3) is 0 Å². The van der Waals surface area contributed by atoms with Gasteiger partial charge in [-0.1, -0.05) is 0 Å². The van der Waals surface area contributed by atoms with Crippen LogP contribution in [0.2, 0.25) is 0 Å². The van der Waals surface area contributed by atoms with Crippen LogP contribution in [-0.2, 0) is 13.0 Å². The van der Waals surface area contributed by atoms with Crippen molar-refractivity contribution in [3.8, 4) is 0 Å². The molecule has 0 radical (unpaired) electrons. The molecular weight excluding hydrogens is 230 g/mol. The Hall–Kier alpha value is -0.870. The number of rotatable bonds is 4. The second kappa shape index (κ2) is 4.10. The van der Waals surface area contributed by atoms with E-state index in [2.05, 4.69) is 16.3 Å². The lowest BCUT2D eigenvalue weighted by atomic mass is 9.99. The number of thiophene rings is 1. The molecule has 1 aliphatic carbocycles. The fourth-order valence-corrected chi connectivity index (χ4v) is 3.78. The van der Waals surface area contributed by atoms with Gasteiger partial charge in [0.2, 0.25) is 0 Å². The second-order valence-electron chi connectivity index (χ2n) is 5.53. The first-order valence-electron chi connectivity index (χ1n) is 6.27. The van der Waals surface area contributed by atoms with E-state index in [0.29, 0.717) is 11.3 Å². The average molecular weight is 249 g/mol. The summed E-state index contributed by atoms with van der Waals surface area (Å²) in [5.41, 5.74) is 7.41. The number of nitrogens with zero attached hydrogens (tertiary/aromatic N) is 1. The summed E-state index contributed by atoms with van der Waals surface area (Å²) in [6.07, 6.45) is 4.49. The zero-order valence-corrected chi connectivity index (χ0v) is 10.9. The number of amidine groups is 1. The van der Waals surface area contributed by atoms with Gasteiger partial charge >= 0.3 is 0 Å². The van der Waals surface area contributed by atoms with Gasteiger partial charge in [-0.3, -0.25) is 10.3 Å². The van der Waals surface area contributed by atoms with Crippen LogP contribution < -0.4 is 5.73 Å². The maximum atomic E-state index is 7.46. The third-order valence-electron chi connectivity index (χ3n) is 3.97. The van der Waals surface area contributed by atoms with Crippen molar-refractivity contribution in [3.05, 3.63) is 21.9 Å². The monoisotopic (exact) mass is 249 g/mol. The minimum atomic E-state index is 0.347.